The van der Waals surface area contributed by atoms with Gasteiger partial charge in [-0.25, -0.2) is 4.79 Å². The van der Waals surface area contributed by atoms with Gasteiger partial charge in [0.2, 0.25) is 0 Å². The van der Waals surface area contributed by atoms with E-state index in [0.717, 1.165) is 17.7 Å². The van der Waals surface area contributed by atoms with Crippen molar-refractivity contribution in [2.45, 2.75) is 78.1 Å². The number of carbonyl (C=O) groups is 2. The Bertz CT molecular complexity index is 845. The maximum Gasteiger partial charge on any atom is 0.335 e. The van der Waals surface area contributed by atoms with Crippen molar-refractivity contribution in [2.75, 3.05) is 11.9 Å². The number of nitrogens with one attached hydrogen (secondary N) is 1. The largest absolute Gasteiger partial charge is 0.493 e. The highest BCUT2D eigenvalue weighted by molar-refractivity contribution is 6.05. The number of carbonyl (C=O) groups excluding carboxylic acids is 1. The first-order valence-electron chi connectivity index (χ1n) is 11.9. The van der Waals surface area contributed by atoms with Crippen LogP contribution < -0.4 is 10.1 Å². The lowest BCUT2D eigenvalue weighted by molar-refractivity contribution is 0.0696. The molecule has 0 bridgehead atoms. The lowest BCUT2D eigenvalue weighted by atomic mass is 10.1. The molecule has 1 amide bonds. The molecule has 174 valence electrons. The predicted octanol–water partition coefficient (Wildman–Crippen LogP) is 7.25. The van der Waals surface area contributed by atoms with Crippen LogP contribution in [0.5, 0.6) is 5.75 Å². The van der Waals surface area contributed by atoms with E-state index in [1.807, 2.05) is 25.1 Å². The summed E-state index contributed by atoms with van der Waals surface area (Å²) in [5.41, 5.74) is 2.14. The number of ether oxygens (including phenoxy) is 1. The Morgan fingerprint density at radius 3 is 1.97 bits per heavy atom. The molecule has 0 heterocycles. The monoisotopic (exact) mass is 439 g/mol. The topological polar surface area (TPSA) is 75.6 Å². The van der Waals surface area contributed by atoms with Crippen molar-refractivity contribution >= 4 is 17.6 Å². The summed E-state index contributed by atoms with van der Waals surface area (Å²) in [6, 6.07) is 11.5. The van der Waals surface area contributed by atoms with Crippen molar-refractivity contribution in [2.24, 2.45) is 0 Å². The molecule has 5 nitrogen and oxygen atoms in total. The first-order chi connectivity index (χ1) is 15.5. The molecule has 0 aliphatic carbocycles. The van der Waals surface area contributed by atoms with Gasteiger partial charge >= 0.3 is 5.97 Å². The molecule has 0 radical (unpaired) electrons. The summed E-state index contributed by atoms with van der Waals surface area (Å²) in [7, 11) is 0. The van der Waals surface area contributed by atoms with Crippen LogP contribution in [-0.4, -0.2) is 23.6 Å². The Kier molecular flexibility index (Phi) is 11.4. The number of aromatic carboxylic acids is 1. The van der Waals surface area contributed by atoms with Crippen molar-refractivity contribution < 1.29 is 19.4 Å². The molecule has 0 aromatic heterocycles. The highest BCUT2D eigenvalue weighted by atomic mass is 16.5. The van der Waals surface area contributed by atoms with Gasteiger partial charge in [0.05, 0.1) is 12.2 Å². The van der Waals surface area contributed by atoms with Gasteiger partial charge in [0.1, 0.15) is 5.75 Å². The third kappa shape index (κ3) is 8.74. The van der Waals surface area contributed by atoms with Gasteiger partial charge in [-0.05, 0) is 49.7 Å². The van der Waals surface area contributed by atoms with Gasteiger partial charge in [0.25, 0.3) is 5.91 Å². The molecule has 0 aliphatic heterocycles. The Labute approximate surface area is 192 Å². The van der Waals surface area contributed by atoms with Crippen molar-refractivity contribution in [1.82, 2.24) is 0 Å². The van der Waals surface area contributed by atoms with Crippen molar-refractivity contribution in [3.05, 3.63) is 59.2 Å². The molecular weight excluding hydrogens is 402 g/mol. The van der Waals surface area contributed by atoms with Crippen LogP contribution in [0, 0.1) is 6.92 Å². The summed E-state index contributed by atoms with van der Waals surface area (Å²) in [4.78, 5) is 23.5. The molecule has 2 aromatic carbocycles. The number of hydrogen-bond acceptors (Lipinski definition) is 3. The van der Waals surface area contributed by atoms with Crippen LogP contribution in [0.1, 0.15) is 97.4 Å². The van der Waals surface area contributed by atoms with E-state index in [9.17, 15) is 9.59 Å². The van der Waals surface area contributed by atoms with Crippen molar-refractivity contribution in [3.63, 3.8) is 0 Å². The molecule has 0 saturated heterocycles. The van der Waals surface area contributed by atoms with Crippen LogP contribution >= 0.6 is 0 Å². The van der Waals surface area contributed by atoms with Gasteiger partial charge in [-0.15, -0.1) is 0 Å². The smallest absolute Gasteiger partial charge is 0.335 e. The Morgan fingerprint density at radius 1 is 0.812 bits per heavy atom. The van der Waals surface area contributed by atoms with E-state index >= 15 is 0 Å². The highest BCUT2D eigenvalue weighted by Crippen LogP contribution is 2.26. The minimum atomic E-state index is -1.01. The van der Waals surface area contributed by atoms with Gasteiger partial charge in [-0.1, -0.05) is 70.8 Å². The third-order valence-electron chi connectivity index (χ3n) is 5.68. The number of unbranched alkanes of at least 4 members (excludes halogenated alkanes) is 9. The molecule has 0 fully saturated rings. The van der Waals surface area contributed by atoms with Gasteiger partial charge in [-0.2, -0.15) is 0 Å². The minimum absolute atomic E-state index is 0.153. The van der Waals surface area contributed by atoms with E-state index in [-0.39, 0.29) is 11.5 Å². The number of anilines is 1. The fourth-order valence-corrected chi connectivity index (χ4v) is 3.64. The van der Waals surface area contributed by atoms with E-state index in [1.165, 1.54) is 82.1 Å². The average Bonchev–Trinajstić information content (AvgIpc) is 2.79. The van der Waals surface area contributed by atoms with Crippen LogP contribution in [0.25, 0.3) is 0 Å². The predicted molar refractivity (Wildman–Crippen MR) is 130 cm³/mol. The summed E-state index contributed by atoms with van der Waals surface area (Å²) in [5.74, 6) is -0.517. The number of hydrogen-bond donors (Lipinski definition) is 2. The van der Waals surface area contributed by atoms with Crippen LogP contribution in [0.3, 0.4) is 0 Å². The van der Waals surface area contributed by atoms with E-state index in [2.05, 4.69) is 12.2 Å². The minimum Gasteiger partial charge on any atom is -0.493 e. The first-order valence-corrected chi connectivity index (χ1v) is 11.9. The average molecular weight is 440 g/mol. The van der Waals surface area contributed by atoms with Gasteiger partial charge < -0.3 is 15.2 Å². The summed E-state index contributed by atoms with van der Waals surface area (Å²) in [6.45, 7) is 4.85. The normalized spacial score (nSPS) is 10.7. The van der Waals surface area contributed by atoms with Crippen LogP contribution in [0.15, 0.2) is 42.5 Å². The van der Waals surface area contributed by atoms with Gasteiger partial charge in [0.15, 0.2) is 0 Å². The van der Waals surface area contributed by atoms with Crippen LogP contribution in [-0.2, 0) is 0 Å². The zero-order valence-corrected chi connectivity index (χ0v) is 19.5. The van der Waals surface area contributed by atoms with E-state index in [4.69, 9.17) is 9.84 Å². The number of carboxylic acid groups (broad SMARTS) is 1. The molecule has 0 saturated carbocycles. The van der Waals surface area contributed by atoms with E-state index in [1.54, 1.807) is 0 Å². The summed E-state index contributed by atoms with van der Waals surface area (Å²) < 4.78 is 5.96. The first kappa shape index (κ1) is 25.4. The van der Waals surface area contributed by atoms with Gasteiger partial charge in [-0.3, -0.25) is 4.79 Å². The standard InChI is InChI=1S/C27H37NO4/c1-3-4-5-6-7-8-9-10-11-12-20-32-25-15-13-14-24(21(25)2)28-26(29)22-16-18-23(19-17-22)27(30)31/h13-19H,3-12,20H2,1-2H3,(H,28,29)(H,30,31). The molecule has 2 N–H and O–H groups in total. The van der Waals surface area contributed by atoms with Crippen LogP contribution in [0.4, 0.5) is 5.69 Å². The molecule has 0 unspecified atom stereocenters. The maximum atomic E-state index is 12.5. The SMILES string of the molecule is CCCCCCCCCCCCOc1cccc(NC(=O)c2ccc(C(=O)O)cc2)c1C. The fraction of sp³-hybridized carbons (Fsp3) is 0.481. The zero-order chi connectivity index (χ0) is 23.2. The summed E-state index contributed by atoms with van der Waals surface area (Å²) in [5, 5.41) is 11.9. The number of rotatable bonds is 15. The fourth-order valence-electron chi connectivity index (χ4n) is 3.64. The molecule has 0 atom stereocenters. The van der Waals surface area contributed by atoms with E-state index in [0.29, 0.717) is 17.9 Å². The molecule has 2 rings (SSSR count). The quantitative estimate of drug-likeness (QED) is 0.287. The van der Waals surface area contributed by atoms with E-state index < -0.39 is 5.97 Å². The second-order valence-corrected chi connectivity index (χ2v) is 8.30. The lowest BCUT2D eigenvalue weighted by Crippen LogP contribution is -2.13. The molecule has 2 aromatic rings. The summed E-state index contributed by atoms with van der Waals surface area (Å²) >= 11 is 0. The molecule has 0 aliphatic rings. The molecule has 0 spiro atoms. The zero-order valence-electron chi connectivity index (χ0n) is 19.5. The lowest BCUT2D eigenvalue weighted by Gasteiger charge is -2.14. The number of carboxylic acids is 1. The maximum absolute atomic E-state index is 12.5. The van der Waals surface area contributed by atoms with Crippen molar-refractivity contribution in [3.8, 4) is 5.75 Å². The highest BCUT2D eigenvalue weighted by Gasteiger charge is 2.11. The second-order valence-electron chi connectivity index (χ2n) is 8.30. The third-order valence-corrected chi connectivity index (χ3v) is 5.68. The number of benzene rings is 2. The summed E-state index contributed by atoms with van der Waals surface area (Å²) in [6.07, 6.45) is 12.9. The van der Waals surface area contributed by atoms with Crippen LogP contribution in [0.2, 0.25) is 0 Å². The molecular formula is C27H37NO4. The van der Waals surface area contributed by atoms with Crippen molar-refractivity contribution in [1.29, 1.82) is 0 Å². The van der Waals surface area contributed by atoms with Gasteiger partial charge in [0, 0.05) is 16.8 Å². The number of amides is 1. The molecule has 32 heavy (non-hydrogen) atoms. The Morgan fingerprint density at radius 2 is 1.38 bits per heavy atom. The Balaban J connectivity index is 1.72. The molecule has 5 heteroatoms. The second kappa shape index (κ2) is 14.3. The Hall–Kier alpha value is -2.82.